The molecular formula is C15H17NO4. The number of benzene rings is 1. The van der Waals surface area contributed by atoms with Gasteiger partial charge in [-0.2, -0.15) is 0 Å². The zero-order chi connectivity index (χ0) is 14.8. The molecule has 5 heteroatoms. The van der Waals surface area contributed by atoms with Crippen LogP contribution in [0.1, 0.15) is 37.7 Å². The van der Waals surface area contributed by atoms with Crippen LogP contribution in [-0.2, 0) is 14.4 Å². The van der Waals surface area contributed by atoms with E-state index in [1.807, 2.05) is 30.3 Å². The number of carbonyl (C=O) groups excluding carboxylic acids is 2. The van der Waals surface area contributed by atoms with Crippen molar-refractivity contribution in [3.63, 3.8) is 0 Å². The summed E-state index contributed by atoms with van der Waals surface area (Å²) < 4.78 is 0. The van der Waals surface area contributed by atoms with Gasteiger partial charge in [-0.3, -0.25) is 14.4 Å². The van der Waals surface area contributed by atoms with Crippen LogP contribution >= 0.6 is 0 Å². The summed E-state index contributed by atoms with van der Waals surface area (Å²) in [6, 6.07) is 9.48. The molecule has 2 atom stereocenters. The van der Waals surface area contributed by atoms with E-state index in [-0.39, 0.29) is 30.4 Å². The highest BCUT2D eigenvalue weighted by atomic mass is 16.4. The smallest absolute Gasteiger partial charge is 0.303 e. The maximum Gasteiger partial charge on any atom is 0.303 e. The lowest BCUT2D eigenvalue weighted by molar-refractivity contribution is -0.139. The Bertz CT molecular complexity index is 540. The summed E-state index contributed by atoms with van der Waals surface area (Å²) in [4.78, 5) is 34.2. The fourth-order valence-corrected chi connectivity index (χ4v) is 2.62. The fraction of sp³-hybridized carbons (Fsp3) is 0.400. The second-order valence-corrected chi connectivity index (χ2v) is 5.14. The zero-order valence-corrected chi connectivity index (χ0v) is 11.3. The number of amides is 1. The summed E-state index contributed by atoms with van der Waals surface area (Å²) in [6.07, 6.45) is 0.273. The number of hydrogen-bond donors (Lipinski definition) is 2. The predicted octanol–water partition coefficient (Wildman–Crippen LogP) is 1.48. The van der Waals surface area contributed by atoms with Gasteiger partial charge in [0.1, 0.15) is 5.54 Å². The number of carboxylic acids is 1. The molecule has 106 valence electrons. The van der Waals surface area contributed by atoms with Crippen molar-refractivity contribution in [2.75, 3.05) is 0 Å². The highest BCUT2D eigenvalue weighted by molar-refractivity contribution is 5.98. The molecule has 1 aliphatic rings. The Morgan fingerprint density at radius 3 is 2.45 bits per heavy atom. The molecule has 0 aromatic heterocycles. The van der Waals surface area contributed by atoms with E-state index >= 15 is 0 Å². The second-order valence-electron chi connectivity index (χ2n) is 5.14. The third kappa shape index (κ3) is 2.87. The summed E-state index contributed by atoms with van der Waals surface area (Å²) in [5, 5.41) is 11.4. The SMILES string of the molecule is CC(=O)N[C@@]1(C(=O)CCC(=O)O)CC1c1ccccc1. The Kier molecular flexibility index (Phi) is 3.88. The van der Waals surface area contributed by atoms with Gasteiger partial charge >= 0.3 is 5.97 Å². The molecule has 0 saturated heterocycles. The van der Waals surface area contributed by atoms with E-state index in [1.165, 1.54) is 6.92 Å². The Hall–Kier alpha value is -2.17. The van der Waals surface area contributed by atoms with Gasteiger partial charge in [0.25, 0.3) is 0 Å². The molecule has 0 heterocycles. The number of carbonyl (C=O) groups is 3. The minimum absolute atomic E-state index is 0.0566. The van der Waals surface area contributed by atoms with E-state index in [0.29, 0.717) is 6.42 Å². The highest BCUT2D eigenvalue weighted by Crippen LogP contribution is 2.52. The number of carboxylic acid groups (broad SMARTS) is 1. The number of ketones is 1. The maximum absolute atomic E-state index is 12.3. The minimum Gasteiger partial charge on any atom is -0.481 e. The average Bonchev–Trinajstić information content (AvgIpc) is 3.11. The Morgan fingerprint density at radius 2 is 1.90 bits per heavy atom. The molecule has 2 N–H and O–H groups in total. The molecule has 1 aliphatic carbocycles. The van der Waals surface area contributed by atoms with Gasteiger partial charge in [-0.1, -0.05) is 30.3 Å². The minimum atomic E-state index is -1.01. The molecule has 0 aliphatic heterocycles. The lowest BCUT2D eigenvalue weighted by Gasteiger charge is -2.17. The quantitative estimate of drug-likeness (QED) is 0.823. The van der Waals surface area contributed by atoms with E-state index in [9.17, 15) is 14.4 Å². The predicted molar refractivity (Wildman–Crippen MR) is 72.2 cm³/mol. The van der Waals surface area contributed by atoms with Crippen LogP contribution in [-0.4, -0.2) is 28.3 Å². The summed E-state index contributed by atoms with van der Waals surface area (Å²) in [5.41, 5.74) is 0.0766. The van der Waals surface area contributed by atoms with Gasteiger partial charge in [-0.25, -0.2) is 0 Å². The molecule has 1 aromatic carbocycles. The van der Waals surface area contributed by atoms with Crippen LogP contribution in [0.3, 0.4) is 0 Å². The highest BCUT2D eigenvalue weighted by Gasteiger charge is 2.60. The molecule has 20 heavy (non-hydrogen) atoms. The van der Waals surface area contributed by atoms with Crippen LogP contribution in [0, 0.1) is 0 Å². The maximum atomic E-state index is 12.3. The van der Waals surface area contributed by atoms with Crippen molar-refractivity contribution >= 4 is 17.7 Å². The summed E-state index contributed by atoms with van der Waals surface area (Å²) in [7, 11) is 0. The van der Waals surface area contributed by atoms with Crippen molar-refractivity contribution in [3.05, 3.63) is 35.9 Å². The van der Waals surface area contributed by atoms with Crippen LogP contribution in [0.4, 0.5) is 0 Å². The molecule has 0 spiro atoms. The van der Waals surface area contributed by atoms with Crippen molar-refractivity contribution < 1.29 is 19.5 Å². The lowest BCUT2D eigenvalue weighted by Crippen LogP contribution is -2.43. The number of rotatable bonds is 6. The first-order valence-corrected chi connectivity index (χ1v) is 6.54. The molecule has 2 rings (SSSR count). The van der Waals surface area contributed by atoms with Gasteiger partial charge in [0.15, 0.2) is 5.78 Å². The standard InChI is InChI=1S/C15H17NO4/c1-10(17)16-15(13(18)7-8-14(19)20)9-12(15)11-5-3-2-4-6-11/h2-6,12H,7-9H2,1H3,(H,16,17)(H,19,20)/t12?,15-/m0/s1. The first-order valence-electron chi connectivity index (χ1n) is 6.54. The Balaban J connectivity index is 2.15. The van der Waals surface area contributed by atoms with E-state index in [1.54, 1.807) is 0 Å². The summed E-state index contributed by atoms with van der Waals surface area (Å²) in [6.45, 7) is 1.37. The average molecular weight is 275 g/mol. The van der Waals surface area contributed by atoms with Crippen LogP contribution in [0.5, 0.6) is 0 Å². The van der Waals surface area contributed by atoms with Gasteiger partial charge < -0.3 is 10.4 Å². The van der Waals surface area contributed by atoms with E-state index in [2.05, 4.69) is 5.32 Å². The molecule has 1 amide bonds. The van der Waals surface area contributed by atoms with Crippen LogP contribution in [0.25, 0.3) is 0 Å². The van der Waals surface area contributed by atoms with Crippen LogP contribution in [0.15, 0.2) is 30.3 Å². The van der Waals surface area contributed by atoms with Crippen LogP contribution in [0.2, 0.25) is 0 Å². The molecular weight excluding hydrogens is 258 g/mol. The third-order valence-corrected chi connectivity index (χ3v) is 3.63. The Labute approximate surface area is 117 Å². The van der Waals surface area contributed by atoms with Crippen molar-refractivity contribution in [1.29, 1.82) is 0 Å². The van der Waals surface area contributed by atoms with E-state index in [0.717, 1.165) is 5.56 Å². The van der Waals surface area contributed by atoms with E-state index < -0.39 is 11.5 Å². The number of Topliss-reactive ketones (excluding diaryl/α,β-unsaturated/α-hetero) is 1. The fourth-order valence-electron chi connectivity index (χ4n) is 2.62. The molecule has 1 aromatic rings. The number of aliphatic carboxylic acids is 1. The first kappa shape index (κ1) is 14.2. The van der Waals surface area contributed by atoms with Gasteiger partial charge in [0.2, 0.25) is 5.91 Å². The third-order valence-electron chi connectivity index (χ3n) is 3.63. The van der Waals surface area contributed by atoms with Gasteiger partial charge in [0, 0.05) is 19.3 Å². The molecule has 1 saturated carbocycles. The zero-order valence-electron chi connectivity index (χ0n) is 11.3. The van der Waals surface area contributed by atoms with Crippen molar-refractivity contribution in [1.82, 2.24) is 5.32 Å². The number of nitrogens with one attached hydrogen (secondary N) is 1. The van der Waals surface area contributed by atoms with Gasteiger partial charge in [-0.15, -0.1) is 0 Å². The molecule has 5 nitrogen and oxygen atoms in total. The van der Waals surface area contributed by atoms with Crippen molar-refractivity contribution in [2.45, 2.75) is 37.6 Å². The summed E-state index contributed by atoms with van der Waals surface area (Å²) in [5.74, 6) is -1.54. The molecule has 1 unspecified atom stereocenters. The monoisotopic (exact) mass is 275 g/mol. The number of hydrogen-bond acceptors (Lipinski definition) is 3. The molecule has 0 bridgehead atoms. The van der Waals surface area contributed by atoms with Crippen molar-refractivity contribution in [2.24, 2.45) is 0 Å². The van der Waals surface area contributed by atoms with E-state index in [4.69, 9.17) is 5.11 Å². The van der Waals surface area contributed by atoms with Crippen LogP contribution < -0.4 is 5.32 Å². The second kappa shape index (κ2) is 5.45. The summed E-state index contributed by atoms with van der Waals surface area (Å²) >= 11 is 0. The molecule has 0 radical (unpaired) electrons. The van der Waals surface area contributed by atoms with Gasteiger partial charge in [0.05, 0.1) is 6.42 Å². The largest absolute Gasteiger partial charge is 0.481 e. The normalized spacial score (nSPS) is 23.9. The topological polar surface area (TPSA) is 83.5 Å². The lowest BCUT2D eigenvalue weighted by atomic mass is 9.99. The van der Waals surface area contributed by atoms with Gasteiger partial charge in [-0.05, 0) is 12.0 Å². The molecule has 1 fully saturated rings. The first-order chi connectivity index (χ1) is 9.45. The van der Waals surface area contributed by atoms with Crippen molar-refractivity contribution in [3.8, 4) is 0 Å². The Morgan fingerprint density at radius 1 is 1.25 bits per heavy atom.